The fourth-order valence-corrected chi connectivity index (χ4v) is 0.728. The van der Waals surface area contributed by atoms with Crippen LogP contribution in [-0.4, -0.2) is 13.0 Å². The van der Waals surface area contributed by atoms with Gasteiger partial charge in [-0.25, -0.2) is 4.39 Å². The molecule has 0 bridgehead atoms. The van der Waals surface area contributed by atoms with E-state index in [0.717, 1.165) is 6.26 Å². The zero-order valence-electron chi connectivity index (χ0n) is 5.79. The molecule has 0 heterocycles. The van der Waals surface area contributed by atoms with Crippen LogP contribution in [0.3, 0.4) is 0 Å². The van der Waals surface area contributed by atoms with E-state index in [4.69, 9.17) is 13.0 Å². The molecule has 0 aromatic heterocycles. The summed E-state index contributed by atoms with van der Waals surface area (Å²) in [6, 6.07) is 6.14. The maximum absolute atomic E-state index is 12.3. The molecule has 0 aliphatic carbocycles. The lowest BCUT2D eigenvalue weighted by Gasteiger charge is -1.86. The topological polar surface area (TPSA) is 20.2 Å². The highest BCUT2D eigenvalue weighted by Crippen LogP contribution is 1.82. The minimum absolute atomic E-state index is 0.329. The second-order valence-corrected chi connectivity index (χ2v) is 2.10. The quantitative estimate of drug-likeness (QED) is 0.520. The third-order valence-electron chi connectivity index (χ3n) is 1.34. The zero-order chi connectivity index (χ0) is 8.27. The summed E-state index contributed by atoms with van der Waals surface area (Å²) in [5, 5.41) is 9.46. The summed E-state index contributed by atoms with van der Waals surface area (Å²) in [4.78, 5) is 0. The predicted octanol–water partition coefficient (Wildman–Crippen LogP) is 0.186. The fraction of sp³-hybridized carbons (Fsp3) is 0. The molecule has 54 valence electrons. The van der Waals surface area contributed by atoms with Crippen molar-refractivity contribution in [3.63, 3.8) is 0 Å². The molecule has 0 unspecified atom stereocenters. The van der Waals surface area contributed by atoms with E-state index < -0.39 is 5.73 Å². The van der Waals surface area contributed by atoms with Gasteiger partial charge < -0.3 is 5.11 Å². The van der Waals surface area contributed by atoms with Gasteiger partial charge in [-0.1, -0.05) is 24.3 Å². The number of hydrogen-bond acceptors (Lipinski definition) is 1. The smallest absolute Gasteiger partial charge is 0.157 e. The van der Waals surface area contributed by atoms with Crippen LogP contribution in [0.4, 0.5) is 4.39 Å². The molecule has 11 heavy (non-hydrogen) atoms. The number of aliphatic hydroxyl groups excluding tert-OH is 1. The minimum atomic E-state index is -0.713. The highest BCUT2D eigenvalue weighted by Gasteiger charge is 1.84. The minimum Gasteiger partial charge on any atom is -0.515 e. The zero-order valence-corrected chi connectivity index (χ0v) is 5.79. The Bertz CT molecular complexity index is 331. The first-order chi connectivity index (χ1) is 5.24. The second kappa shape index (κ2) is 3.24. The molecule has 0 saturated carbocycles. The summed E-state index contributed by atoms with van der Waals surface area (Å²) >= 11 is 0. The molecule has 1 N–H and O–H groups in total. The summed E-state index contributed by atoms with van der Waals surface area (Å²) in [5.41, 5.74) is -0.713. The fourth-order valence-electron chi connectivity index (χ4n) is 0.728. The molecule has 1 aromatic carbocycles. The molecule has 0 aliphatic heterocycles. The Labute approximate surface area is 64.9 Å². The van der Waals surface area contributed by atoms with Crippen molar-refractivity contribution in [3.8, 4) is 0 Å². The average molecular weight is 148 g/mol. The normalized spacial score (nSPS) is 9.18. The molecular formula is C8H6BFO. The number of aliphatic hydroxyl groups is 1. The maximum Gasteiger partial charge on any atom is 0.157 e. The summed E-state index contributed by atoms with van der Waals surface area (Å²) in [5.74, 6) is 0. The van der Waals surface area contributed by atoms with Crippen molar-refractivity contribution < 1.29 is 9.50 Å². The van der Waals surface area contributed by atoms with Gasteiger partial charge in [-0.3, -0.25) is 0 Å². The van der Waals surface area contributed by atoms with Gasteiger partial charge in [-0.2, -0.15) is 0 Å². The number of rotatable bonds is 0. The van der Waals surface area contributed by atoms with Gasteiger partial charge in [0.1, 0.15) is 0 Å². The van der Waals surface area contributed by atoms with Crippen LogP contribution in [0.5, 0.6) is 0 Å². The summed E-state index contributed by atoms with van der Waals surface area (Å²) in [6.07, 6.45) is 0.943. The van der Waals surface area contributed by atoms with E-state index in [0.29, 0.717) is 10.4 Å². The van der Waals surface area contributed by atoms with Crippen LogP contribution in [0.1, 0.15) is 0 Å². The van der Waals surface area contributed by atoms with Gasteiger partial charge in [0.15, 0.2) is 7.85 Å². The summed E-state index contributed by atoms with van der Waals surface area (Å²) < 4.78 is 12.3. The lowest BCUT2D eigenvalue weighted by atomic mass is 10.1. The molecule has 2 radical (unpaired) electrons. The number of halogens is 1. The Morgan fingerprint density at radius 3 is 2.27 bits per heavy atom. The average Bonchev–Trinajstić information content (AvgIpc) is 2.05. The molecular weight excluding hydrogens is 142 g/mol. The van der Waals surface area contributed by atoms with Crippen molar-refractivity contribution in [1.29, 1.82) is 0 Å². The largest absolute Gasteiger partial charge is 0.515 e. The van der Waals surface area contributed by atoms with Crippen molar-refractivity contribution in [2.75, 3.05) is 0 Å². The van der Waals surface area contributed by atoms with Crippen LogP contribution in [0.25, 0.3) is 12.0 Å². The van der Waals surface area contributed by atoms with Crippen LogP contribution in [0.2, 0.25) is 0 Å². The number of benzene rings is 1. The number of hydrogen-bond donors (Lipinski definition) is 1. The lowest BCUT2D eigenvalue weighted by molar-refractivity contribution is 0.540. The molecule has 0 atom stereocenters. The van der Waals surface area contributed by atoms with Gasteiger partial charge >= 0.3 is 0 Å². The third kappa shape index (κ3) is 1.83. The van der Waals surface area contributed by atoms with Gasteiger partial charge in [0.2, 0.25) is 0 Å². The van der Waals surface area contributed by atoms with Gasteiger partial charge in [0, 0.05) is 5.22 Å². The van der Waals surface area contributed by atoms with E-state index in [1.165, 1.54) is 12.1 Å². The monoisotopic (exact) mass is 148 g/mol. The molecule has 1 nitrogen and oxygen atoms in total. The maximum atomic E-state index is 12.3. The Hall–Kier alpha value is -1.25. The third-order valence-corrected chi connectivity index (χ3v) is 1.34. The van der Waals surface area contributed by atoms with Crippen LogP contribution >= 0.6 is 0 Å². The van der Waals surface area contributed by atoms with E-state index in [9.17, 15) is 4.39 Å². The van der Waals surface area contributed by atoms with E-state index in [1.54, 1.807) is 12.1 Å². The molecule has 1 aromatic rings. The molecule has 0 aliphatic rings. The Balaban J connectivity index is 3.34. The molecule has 0 amide bonds. The van der Waals surface area contributed by atoms with Crippen LogP contribution < -0.4 is 10.4 Å². The van der Waals surface area contributed by atoms with Crippen LogP contribution in [0.15, 0.2) is 24.3 Å². The van der Waals surface area contributed by atoms with Crippen molar-refractivity contribution >= 4 is 19.8 Å². The highest BCUT2D eigenvalue weighted by molar-refractivity contribution is 6.35. The van der Waals surface area contributed by atoms with Gasteiger partial charge in [-0.15, -0.1) is 0 Å². The molecule has 0 fully saturated rings. The van der Waals surface area contributed by atoms with Crippen LogP contribution in [-0.2, 0) is 0 Å². The Morgan fingerprint density at radius 1 is 1.36 bits per heavy atom. The molecule has 0 spiro atoms. The van der Waals surface area contributed by atoms with E-state index in [-0.39, 0.29) is 0 Å². The predicted molar refractivity (Wildman–Crippen MR) is 43.1 cm³/mol. The lowest BCUT2D eigenvalue weighted by Crippen LogP contribution is -2.08. The summed E-state index contributed by atoms with van der Waals surface area (Å²) in [6.45, 7) is 0. The van der Waals surface area contributed by atoms with Crippen molar-refractivity contribution in [2.24, 2.45) is 0 Å². The van der Waals surface area contributed by atoms with Gasteiger partial charge in [-0.05, 0) is 5.22 Å². The van der Waals surface area contributed by atoms with Crippen molar-refractivity contribution in [1.82, 2.24) is 0 Å². The summed E-state index contributed by atoms with van der Waals surface area (Å²) in [7, 11) is 4.88. The van der Waals surface area contributed by atoms with Gasteiger partial charge in [0.05, 0.1) is 12.0 Å². The molecule has 0 saturated heterocycles. The van der Waals surface area contributed by atoms with Gasteiger partial charge in [0.25, 0.3) is 0 Å². The molecule has 1 rings (SSSR count). The Morgan fingerprint density at radius 2 is 1.91 bits per heavy atom. The van der Waals surface area contributed by atoms with E-state index in [2.05, 4.69) is 0 Å². The first-order valence-corrected chi connectivity index (χ1v) is 3.10. The van der Waals surface area contributed by atoms with E-state index in [1.807, 2.05) is 0 Å². The van der Waals surface area contributed by atoms with Crippen LogP contribution in [0, 0.1) is 0 Å². The van der Waals surface area contributed by atoms with Crippen molar-refractivity contribution in [2.45, 2.75) is 0 Å². The SMILES string of the molecule is [B]C(F)=c1ccc(=CO)cc1. The van der Waals surface area contributed by atoms with Crippen molar-refractivity contribution in [3.05, 3.63) is 34.7 Å². The van der Waals surface area contributed by atoms with E-state index >= 15 is 0 Å². The standard InChI is InChI=1S/C8H6BFO/c9-8(10)7-3-1-6(5-11)2-4-7/h1-5,11H. The second-order valence-electron chi connectivity index (χ2n) is 2.10. The first kappa shape index (κ1) is 7.86. The first-order valence-electron chi connectivity index (χ1n) is 3.10. The highest BCUT2D eigenvalue weighted by atomic mass is 19.1. The Kier molecular flexibility index (Phi) is 2.31. The molecule has 3 heteroatoms.